The lowest BCUT2D eigenvalue weighted by atomic mass is 9.82. The number of aromatic nitrogens is 5. The second-order valence-electron chi connectivity index (χ2n) is 7.93. The zero-order valence-corrected chi connectivity index (χ0v) is 20.3. The third-order valence-corrected chi connectivity index (χ3v) is 6.05. The number of anilines is 1. The molecule has 10 nitrogen and oxygen atoms in total. The summed E-state index contributed by atoms with van der Waals surface area (Å²) < 4.78 is 11.4. The second kappa shape index (κ2) is 10.1. The molecule has 3 heterocycles. The smallest absolute Gasteiger partial charge is 0.296 e. The summed E-state index contributed by atoms with van der Waals surface area (Å²) >= 11 is 6.58. The highest BCUT2D eigenvalue weighted by molar-refractivity contribution is 6.31. The zero-order valence-electron chi connectivity index (χ0n) is 19.5. The van der Waals surface area contributed by atoms with Gasteiger partial charge in [0.25, 0.3) is 11.5 Å². The van der Waals surface area contributed by atoms with Crippen molar-refractivity contribution in [3.63, 3.8) is 0 Å². The van der Waals surface area contributed by atoms with Gasteiger partial charge in [-0.3, -0.25) is 14.2 Å². The van der Waals surface area contributed by atoms with Gasteiger partial charge < -0.3 is 14.6 Å². The van der Waals surface area contributed by atoms with Crippen LogP contribution < -0.4 is 15.6 Å². The van der Waals surface area contributed by atoms with Crippen molar-refractivity contribution in [1.82, 2.24) is 24.7 Å². The second-order valence-corrected chi connectivity index (χ2v) is 8.34. The number of benzene rings is 1. The molecule has 0 fully saturated rings. The minimum absolute atomic E-state index is 0.156. The molecule has 0 aliphatic carbocycles. The maximum Gasteiger partial charge on any atom is 0.296 e. The SMILES string of the molecule is COc1c(C(=O)Nc2cnoc2)nc(C(C)[C@@H](c2cnc(C)nc2)c2ccccc2Cl)n(C)c1=O. The van der Waals surface area contributed by atoms with Gasteiger partial charge in [-0.1, -0.05) is 41.9 Å². The molecule has 0 aliphatic rings. The molecule has 4 aromatic rings. The Labute approximate surface area is 206 Å². The van der Waals surface area contributed by atoms with E-state index in [1.807, 2.05) is 25.1 Å². The van der Waals surface area contributed by atoms with E-state index < -0.39 is 17.4 Å². The van der Waals surface area contributed by atoms with Crippen LogP contribution in [0.15, 0.2) is 58.4 Å². The van der Waals surface area contributed by atoms with Crippen LogP contribution in [0.2, 0.25) is 5.02 Å². The topological polar surface area (TPSA) is 125 Å². The molecule has 0 bridgehead atoms. The Hall–Kier alpha value is -4.05. The van der Waals surface area contributed by atoms with Gasteiger partial charge in [0.15, 0.2) is 5.69 Å². The van der Waals surface area contributed by atoms with E-state index in [1.165, 1.54) is 24.1 Å². The zero-order chi connectivity index (χ0) is 25.1. The number of halogens is 1. The Kier molecular flexibility index (Phi) is 6.92. The normalized spacial score (nSPS) is 12.7. The van der Waals surface area contributed by atoms with Crippen LogP contribution in [0.4, 0.5) is 5.69 Å². The number of ether oxygens (including phenoxy) is 1. The van der Waals surface area contributed by atoms with Crippen LogP contribution in [0.3, 0.4) is 0 Å². The minimum Gasteiger partial charge on any atom is -0.489 e. The molecule has 3 aromatic heterocycles. The van der Waals surface area contributed by atoms with Gasteiger partial charge in [0, 0.05) is 36.3 Å². The summed E-state index contributed by atoms with van der Waals surface area (Å²) in [4.78, 5) is 39.5. The van der Waals surface area contributed by atoms with Crippen molar-refractivity contribution < 1.29 is 14.1 Å². The lowest BCUT2D eigenvalue weighted by Crippen LogP contribution is -2.31. The Bertz CT molecular complexity index is 1400. The van der Waals surface area contributed by atoms with Crippen molar-refractivity contribution in [2.45, 2.75) is 25.7 Å². The highest BCUT2D eigenvalue weighted by atomic mass is 35.5. The Balaban J connectivity index is 1.86. The van der Waals surface area contributed by atoms with E-state index in [0.717, 1.165) is 11.1 Å². The van der Waals surface area contributed by atoms with E-state index in [2.05, 4.69) is 25.4 Å². The van der Waals surface area contributed by atoms with Crippen LogP contribution in [0.1, 0.15) is 52.0 Å². The summed E-state index contributed by atoms with van der Waals surface area (Å²) in [6.07, 6.45) is 6.06. The van der Waals surface area contributed by atoms with Gasteiger partial charge in [0.1, 0.15) is 23.6 Å². The molecule has 11 heteroatoms. The first kappa shape index (κ1) is 24.1. The Morgan fingerprint density at radius 1 is 1.20 bits per heavy atom. The number of rotatable bonds is 7. The standard InChI is InChI=1S/C24H23ClN6O4/c1-13(19(15-9-26-14(2)27-10-15)17-7-5-6-8-18(17)25)22-30-20(21(34-4)24(33)31(22)3)23(32)29-16-11-28-35-12-16/h5-13,19H,1-4H3,(H,29,32)/t13?,19-/m0/s1. The molecule has 0 aliphatic heterocycles. The fourth-order valence-electron chi connectivity index (χ4n) is 3.98. The first-order valence-electron chi connectivity index (χ1n) is 10.7. The summed E-state index contributed by atoms with van der Waals surface area (Å²) in [6, 6.07) is 7.43. The third-order valence-electron chi connectivity index (χ3n) is 5.70. The molecule has 0 radical (unpaired) electrons. The number of methoxy groups -OCH3 is 1. The summed E-state index contributed by atoms with van der Waals surface area (Å²) in [6.45, 7) is 3.71. The quantitative estimate of drug-likeness (QED) is 0.412. The largest absolute Gasteiger partial charge is 0.489 e. The number of nitrogens with one attached hydrogen (secondary N) is 1. The van der Waals surface area contributed by atoms with Crippen molar-refractivity contribution in [1.29, 1.82) is 0 Å². The molecular formula is C24H23ClN6O4. The van der Waals surface area contributed by atoms with Crippen LogP contribution >= 0.6 is 11.6 Å². The fourth-order valence-corrected chi connectivity index (χ4v) is 4.23. The molecule has 0 saturated carbocycles. The highest BCUT2D eigenvalue weighted by Crippen LogP contribution is 2.40. The maximum atomic E-state index is 13.2. The molecule has 4 rings (SSSR count). The lowest BCUT2D eigenvalue weighted by Gasteiger charge is -2.27. The average molecular weight is 495 g/mol. The van der Waals surface area contributed by atoms with Gasteiger partial charge >= 0.3 is 0 Å². The number of hydrogen-bond donors (Lipinski definition) is 1. The number of nitrogens with zero attached hydrogens (tertiary/aromatic N) is 5. The molecule has 35 heavy (non-hydrogen) atoms. The van der Waals surface area contributed by atoms with Crippen LogP contribution in [0.25, 0.3) is 0 Å². The van der Waals surface area contributed by atoms with Gasteiger partial charge in [0.2, 0.25) is 5.75 Å². The maximum absolute atomic E-state index is 13.2. The van der Waals surface area contributed by atoms with E-state index in [4.69, 9.17) is 20.9 Å². The van der Waals surface area contributed by atoms with Crippen molar-refractivity contribution in [3.05, 3.63) is 93.0 Å². The minimum atomic E-state index is -0.635. The molecule has 1 aromatic carbocycles. The molecule has 1 N–H and O–H groups in total. The van der Waals surface area contributed by atoms with Crippen LogP contribution in [0, 0.1) is 6.92 Å². The van der Waals surface area contributed by atoms with E-state index >= 15 is 0 Å². The van der Waals surface area contributed by atoms with Gasteiger partial charge in [-0.15, -0.1) is 0 Å². The average Bonchev–Trinajstić information content (AvgIpc) is 3.36. The number of carbonyl (C=O) groups excluding carboxylic acids is 1. The summed E-state index contributed by atoms with van der Waals surface area (Å²) in [5, 5.41) is 6.72. The van der Waals surface area contributed by atoms with Crippen molar-refractivity contribution in [2.75, 3.05) is 12.4 Å². The molecule has 2 atom stereocenters. The molecule has 0 saturated heterocycles. The predicted molar refractivity (Wildman–Crippen MR) is 129 cm³/mol. The van der Waals surface area contributed by atoms with Crippen LogP contribution in [0.5, 0.6) is 5.75 Å². The van der Waals surface area contributed by atoms with E-state index in [1.54, 1.807) is 32.4 Å². The van der Waals surface area contributed by atoms with E-state index in [0.29, 0.717) is 22.4 Å². The molecule has 1 unspecified atom stereocenters. The lowest BCUT2D eigenvalue weighted by molar-refractivity contribution is 0.101. The Morgan fingerprint density at radius 2 is 1.91 bits per heavy atom. The summed E-state index contributed by atoms with van der Waals surface area (Å²) in [7, 11) is 2.90. The van der Waals surface area contributed by atoms with Crippen molar-refractivity contribution >= 4 is 23.2 Å². The third kappa shape index (κ3) is 4.78. The monoisotopic (exact) mass is 494 g/mol. The van der Waals surface area contributed by atoms with E-state index in [-0.39, 0.29) is 17.4 Å². The number of amides is 1. The first-order valence-corrected chi connectivity index (χ1v) is 11.1. The fraction of sp³-hybridized carbons (Fsp3) is 0.250. The van der Waals surface area contributed by atoms with Crippen molar-refractivity contribution in [3.8, 4) is 5.75 Å². The number of carbonyl (C=O) groups is 1. The van der Waals surface area contributed by atoms with Gasteiger partial charge in [-0.25, -0.2) is 15.0 Å². The van der Waals surface area contributed by atoms with Gasteiger partial charge in [-0.05, 0) is 24.1 Å². The number of hydrogen-bond acceptors (Lipinski definition) is 8. The molecule has 180 valence electrons. The molecular weight excluding hydrogens is 472 g/mol. The highest BCUT2D eigenvalue weighted by Gasteiger charge is 2.31. The summed E-state index contributed by atoms with van der Waals surface area (Å²) in [5.74, 6) is -0.593. The molecule has 0 spiro atoms. The van der Waals surface area contributed by atoms with Gasteiger partial charge in [-0.2, -0.15) is 0 Å². The van der Waals surface area contributed by atoms with Gasteiger partial charge in [0.05, 0.1) is 13.3 Å². The summed E-state index contributed by atoms with van der Waals surface area (Å²) in [5.41, 5.74) is 1.26. The number of aryl methyl sites for hydroxylation is 1. The van der Waals surface area contributed by atoms with Crippen LogP contribution in [-0.2, 0) is 7.05 Å². The first-order chi connectivity index (χ1) is 16.8. The van der Waals surface area contributed by atoms with Crippen molar-refractivity contribution in [2.24, 2.45) is 7.05 Å². The van der Waals surface area contributed by atoms with E-state index in [9.17, 15) is 9.59 Å². The van der Waals surface area contributed by atoms with Crippen LogP contribution in [-0.4, -0.2) is 37.7 Å². The predicted octanol–water partition coefficient (Wildman–Crippen LogP) is 3.72. The Morgan fingerprint density at radius 3 is 2.54 bits per heavy atom. The molecule has 1 amide bonds.